The molecule has 1 amide bonds. The molecule has 10 nitrogen and oxygen atoms in total. The molecule has 0 radical (unpaired) electrons. The van der Waals surface area contributed by atoms with Crippen LogP contribution in [-0.2, 0) is 9.53 Å². The number of rotatable bonds is 7. The number of aromatic amines is 1. The predicted octanol–water partition coefficient (Wildman–Crippen LogP) is 3.43. The smallest absolute Gasteiger partial charge is 0.337 e. The van der Waals surface area contributed by atoms with Crippen LogP contribution in [-0.4, -0.2) is 96.4 Å². The number of amides is 1. The normalized spacial score (nSPS) is 14.8. The lowest BCUT2D eigenvalue weighted by molar-refractivity contribution is -0.119. The maximum absolute atomic E-state index is 12.9. The van der Waals surface area contributed by atoms with E-state index in [1.807, 2.05) is 30.3 Å². The van der Waals surface area contributed by atoms with E-state index in [0.717, 1.165) is 31.9 Å². The molecule has 0 saturated carbocycles. The maximum atomic E-state index is 12.9. The Bertz CT molecular complexity index is 1540. The molecule has 10 heteroatoms. The van der Waals surface area contributed by atoms with Gasteiger partial charge in [-0.15, -0.1) is 0 Å². The van der Waals surface area contributed by atoms with E-state index in [1.165, 1.54) is 7.11 Å². The highest BCUT2D eigenvalue weighted by Gasteiger charge is 2.21. The van der Waals surface area contributed by atoms with Crippen LogP contribution in [0.3, 0.4) is 0 Å². The number of carbonyl (C=O) groups is 2. The number of aliphatic imine (C=N–C) groups is 1. The molecule has 0 unspecified atom stereocenters. The molecule has 3 heterocycles. The number of anilines is 1. The summed E-state index contributed by atoms with van der Waals surface area (Å²) in [4.78, 5) is 43.1. The molecule has 0 atom stereocenters. The van der Waals surface area contributed by atoms with E-state index in [2.05, 4.69) is 26.8 Å². The maximum Gasteiger partial charge on any atom is 0.337 e. The molecule has 2 N–H and O–H groups in total. The predicted molar refractivity (Wildman–Crippen MR) is 155 cm³/mol. The van der Waals surface area contributed by atoms with Gasteiger partial charge in [0.2, 0.25) is 5.91 Å². The zero-order chi connectivity index (χ0) is 28.2. The van der Waals surface area contributed by atoms with Gasteiger partial charge in [0, 0.05) is 67.8 Å². The van der Waals surface area contributed by atoms with Gasteiger partial charge in [-0.3, -0.25) is 14.7 Å². The van der Waals surface area contributed by atoms with Crippen molar-refractivity contribution >= 4 is 39.9 Å². The van der Waals surface area contributed by atoms with Crippen molar-refractivity contribution in [2.24, 2.45) is 4.99 Å². The van der Waals surface area contributed by atoms with Gasteiger partial charge < -0.3 is 24.6 Å². The van der Waals surface area contributed by atoms with Crippen LogP contribution in [0.5, 0.6) is 5.88 Å². The number of piperazine rings is 1. The van der Waals surface area contributed by atoms with Crippen molar-refractivity contribution in [1.82, 2.24) is 19.8 Å². The largest absolute Gasteiger partial charge is 0.494 e. The summed E-state index contributed by atoms with van der Waals surface area (Å²) >= 11 is 0. The summed E-state index contributed by atoms with van der Waals surface area (Å²) in [6.45, 7) is 4.06. The Morgan fingerprint density at radius 3 is 2.50 bits per heavy atom. The highest BCUT2D eigenvalue weighted by atomic mass is 16.5. The van der Waals surface area contributed by atoms with E-state index in [9.17, 15) is 14.7 Å². The number of hydrogen-bond donors (Lipinski definition) is 2. The van der Waals surface area contributed by atoms with Crippen molar-refractivity contribution in [3.63, 3.8) is 0 Å². The lowest BCUT2D eigenvalue weighted by Crippen LogP contribution is -2.48. The summed E-state index contributed by atoms with van der Waals surface area (Å²) in [6.07, 6.45) is 3.35. The van der Waals surface area contributed by atoms with Crippen molar-refractivity contribution < 1.29 is 19.4 Å². The van der Waals surface area contributed by atoms with E-state index in [0.29, 0.717) is 45.5 Å². The van der Waals surface area contributed by atoms with Crippen molar-refractivity contribution in [3.8, 4) is 5.88 Å². The molecule has 40 heavy (non-hydrogen) atoms. The molecular formula is C30H32N6O4. The highest BCUT2D eigenvalue weighted by molar-refractivity contribution is 6.22. The Morgan fingerprint density at radius 2 is 1.82 bits per heavy atom. The lowest BCUT2D eigenvalue weighted by Gasteiger charge is -2.32. The van der Waals surface area contributed by atoms with Crippen LogP contribution < -0.4 is 4.90 Å². The number of aromatic hydroxyl groups is 1. The summed E-state index contributed by atoms with van der Waals surface area (Å²) in [5.41, 5.74) is 4.05. The molecule has 0 bridgehead atoms. The van der Waals surface area contributed by atoms with Crippen LogP contribution >= 0.6 is 0 Å². The van der Waals surface area contributed by atoms with Gasteiger partial charge in [0.25, 0.3) is 0 Å². The number of nitrogens with zero attached hydrogens (tertiary/aromatic N) is 5. The third kappa shape index (κ3) is 5.73. The number of ether oxygens (including phenoxy) is 1. The summed E-state index contributed by atoms with van der Waals surface area (Å²) in [5, 5.41) is 11.6. The monoisotopic (exact) mass is 540 g/mol. The Kier molecular flexibility index (Phi) is 7.90. The number of methoxy groups -OCH3 is 1. The fraction of sp³-hybridized carbons (Fsp3) is 0.267. The highest BCUT2D eigenvalue weighted by Crippen LogP contribution is 2.32. The van der Waals surface area contributed by atoms with Crippen LogP contribution in [0.15, 0.2) is 72.0 Å². The zero-order valence-corrected chi connectivity index (χ0v) is 22.8. The second-order valence-corrected chi connectivity index (χ2v) is 9.85. The number of aromatic nitrogens is 2. The van der Waals surface area contributed by atoms with Gasteiger partial charge >= 0.3 is 5.97 Å². The molecule has 5 rings (SSSR count). The topological polar surface area (TPSA) is 114 Å². The van der Waals surface area contributed by atoms with Crippen LogP contribution in [0.25, 0.3) is 10.9 Å². The first-order valence-corrected chi connectivity index (χ1v) is 13.0. The number of nitrogens with one attached hydrogen (secondary N) is 1. The molecule has 2 aromatic heterocycles. The van der Waals surface area contributed by atoms with E-state index in [4.69, 9.17) is 9.73 Å². The average Bonchev–Trinajstić information content (AvgIpc) is 3.31. The zero-order valence-electron chi connectivity index (χ0n) is 22.8. The molecule has 206 valence electrons. The average molecular weight is 541 g/mol. The van der Waals surface area contributed by atoms with E-state index in [-0.39, 0.29) is 11.8 Å². The number of likely N-dealkylation sites (N-methyl/N-ethyl adjacent to an activating group) is 2. The third-order valence-electron chi connectivity index (χ3n) is 7.18. The molecule has 1 aliphatic heterocycles. The lowest BCUT2D eigenvalue weighted by atomic mass is 10.0. The van der Waals surface area contributed by atoms with Gasteiger partial charge in [-0.1, -0.05) is 6.07 Å². The van der Waals surface area contributed by atoms with Crippen molar-refractivity contribution in [2.45, 2.75) is 0 Å². The Balaban J connectivity index is 1.44. The van der Waals surface area contributed by atoms with Gasteiger partial charge in [0.1, 0.15) is 0 Å². The first-order chi connectivity index (χ1) is 19.3. The van der Waals surface area contributed by atoms with Crippen LogP contribution in [0.1, 0.15) is 21.5 Å². The second kappa shape index (κ2) is 11.7. The standard InChI is InChI=1S/C30H32N6O4/c1-34-13-15-36(16-14-34)19-26(37)35(2)23-9-7-22(8-10-23)32-28(21-5-4-12-31-18-21)27-24-11-6-20(30(39)40-3)17-25(24)33-29(27)38/h4-12,17-18,33,38H,13-16,19H2,1-3H3. The fourth-order valence-electron chi connectivity index (χ4n) is 4.76. The SMILES string of the molecule is COC(=O)c1ccc2c(C(=Nc3ccc(N(C)C(=O)CN4CCN(C)CC4)cc3)c3cccnc3)c(O)[nH]c2c1. The first-order valence-electron chi connectivity index (χ1n) is 13.0. The minimum atomic E-state index is -0.467. The quantitative estimate of drug-likeness (QED) is 0.273. The summed E-state index contributed by atoms with van der Waals surface area (Å²) in [5.74, 6) is -0.511. The van der Waals surface area contributed by atoms with Gasteiger partial charge in [-0.05, 0) is 55.6 Å². The number of hydrogen-bond acceptors (Lipinski definition) is 8. The molecular weight excluding hydrogens is 508 g/mol. The number of fused-ring (bicyclic) bond motifs is 1. The minimum Gasteiger partial charge on any atom is -0.494 e. The number of esters is 1. The first kappa shape index (κ1) is 27.0. The summed E-state index contributed by atoms with van der Waals surface area (Å²) in [7, 11) is 5.20. The molecule has 0 aliphatic carbocycles. The van der Waals surface area contributed by atoms with E-state index in [1.54, 1.807) is 48.6 Å². The molecule has 2 aromatic carbocycles. The Labute approximate surface area is 232 Å². The summed E-state index contributed by atoms with van der Waals surface area (Å²) < 4.78 is 4.83. The van der Waals surface area contributed by atoms with Gasteiger partial charge in [-0.25, -0.2) is 9.79 Å². The van der Waals surface area contributed by atoms with E-state index >= 15 is 0 Å². The van der Waals surface area contributed by atoms with Crippen LogP contribution in [0.2, 0.25) is 0 Å². The van der Waals surface area contributed by atoms with Gasteiger partial charge in [0.15, 0.2) is 5.88 Å². The fourth-order valence-corrected chi connectivity index (χ4v) is 4.76. The van der Waals surface area contributed by atoms with Gasteiger partial charge in [-0.2, -0.15) is 0 Å². The van der Waals surface area contributed by atoms with Crippen molar-refractivity contribution in [3.05, 3.63) is 83.7 Å². The third-order valence-corrected chi connectivity index (χ3v) is 7.18. The number of carbonyl (C=O) groups excluding carboxylic acids is 2. The summed E-state index contributed by atoms with van der Waals surface area (Å²) in [6, 6.07) is 16.1. The van der Waals surface area contributed by atoms with Crippen LogP contribution in [0.4, 0.5) is 11.4 Å². The molecule has 0 spiro atoms. The van der Waals surface area contributed by atoms with Crippen LogP contribution in [0, 0.1) is 0 Å². The Morgan fingerprint density at radius 1 is 1.07 bits per heavy atom. The van der Waals surface area contributed by atoms with Crippen molar-refractivity contribution in [2.75, 3.05) is 58.8 Å². The minimum absolute atomic E-state index is 0.0342. The molecule has 1 fully saturated rings. The van der Waals surface area contributed by atoms with Crippen molar-refractivity contribution in [1.29, 1.82) is 0 Å². The van der Waals surface area contributed by atoms with Gasteiger partial charge in [0.05, 0.1) is 36.2 Å². The number of benzene rings is 2. The molecule has 4 aromatic rings. The second-order valence-electron chi connectivity index (χ2n) is 9.85. The number of H-pyrrole nitrogens is 1. The van der Waals surface area contributed by atoms with E-state index < -0.39 is 5.97 Å². The number of pyridine rings is 1. The Hall–Kier alpha value is -4.54. The molecule has 1 saturated heterocycles. The molecule has 1 aliphatic rings.